The van der Waals surface area contributed by atoms with Crippen LogP contribution in [0.25, 0.3) is 5.69 Å². The summed E-state index contributed by atoms with van der Waals surface area (Å²) in [6.07, 6.45) is 0. The molecular weight excluding hydrogens is 334 g/mol. The third kappa shape index (κ3) is 3.06. The van der Waals surface area contributed by atoms with Crippen molar-refractivity contribution in [1.29, 1.82) is 0 Å². The van der Waals surface area contributed by atoms with E-state index in [9.17, 15) is 9.59 Å². The van der Waals surface area contributed by atoms with Gasteiger partial charge in [0.1, 0.15) is 5.82 Å². The molecule has 1 aliphatic heterocycles. The van der Waals surface area contributed by atoms with Gasteiger partial charge >= 0.3 is 5.69 Å². The summed E-state index contributed by atoms with van der Waals surface area (Å²) in [6.45, 7) is 2.59. The second-order valence-corrected chi connectivity index (χ2v) is 6.04. The highest BCUT2D eigenvalue weighted by atomic mass is 16.7. The minimum absolute atomic E-state index is 0.219. The van der Waals surface area contributed by atoms with Crippen molar-refractivity contribution in [2.75, 3.05) is 12.1 Å². The van der Waals surface area contributed by atoms with E-state index in [2.05, 4.69) is 10.3 Å². The summed E-state index contributed by atoms with van der Waals surface area (Å²) in [7, 11) is 0. The quantitative estimate of drug-likeness (QED) is 0.752. The van der Waals surface area contributed by atoms with Gasteiger partial charge < -0.3 is 14.8 Å². The van der Waals surface area contributed by atoms with Crippen LogP contribution in [-0.4, -0.2) is 16.3 Å². The van der Waals surface area contributed by atoms with Crippen molar-refractivity contribution in [3.8, 4) is 17.2 Å². The normalized spacial score (nSPS) is 12.2. The maximum absolute atomic E-state index is 12.4. The second-order valence-electron chi connectivity index (χ2n) is 6.04. The van der Waals surface area contributed by atoms with Gasteiger partial charge in [0.15, 0.2) is 11.5 Å². The minimum atomic E-state index is -0.491. The molecule has 0 atom stereocenters. The Morgan fingerprint density at radius 1 is 1.04 bits per heavy atom. The Balaban J connectivity index is 1.56. The fraction of sp³-hybridized carbons (Fsp3) is 0.158. The van der Waals surface area contributed by atoms with Gasteiger partial charge in [0, 0.05) is 12.6 Å². The third-order valence-corrected chi connectivity index (χ3v) is 4.15. The molecule has 0 unspecified atom stereocenters. The number of fused-ring (bicyclic) bond motifs is 1. The fourth-order valence-electron chi connectivity index (χ4n) is 2.78. The van der Waals surface area contributed by atoms with Gasteiger partial charge in [-0.1, -0.05) is 23.8 Å². The molecule has 0 aliphatic carbocycles. The average Bonchev–Trinajstić information content (AvgIpc) is 3.09. The molecule has 0 spiro atoms. The van der Waals surface area contributed by atoms with E-state index in [4.69, 9.17) is 9.47 Å². The van der Waals surface area contributed by atoms with E-state index in [0.29, 0.717) is 29.5 Å². The van der Waals surface area contributed by atoms with Crippen LogP contribution in [0.1, 0.15) is 11.1 Å². The number of ether oxygens (including phenoxy) is 2. The molecule has 0 radical (unpaired) electrons. The highest BCUT2D eigenvalue weighted by Gasteiger charge is 2.13. The molecular formula is C19H17N3O4. The van der Waals surface area contributed by atoms with Gasteiger partial charge in [0.25, 0.3) is 5.56 Å². The number of hydrogen-bond acceptors (Lipinski definition) is 5. The number of aryl methyl sites for hydroxylation is 1. The molecule has 0 saturated carbocycles. The lowest BCUT2D eigenvalue weighted by Crippen LogP contribution is -2.33. The molecule has 1 aromatic heterocycles. The number of aromatic nitrogens is 2. The maximum atomic E-state index is 12.4. The number of hydrogen-bond donors (Lipinski definition) is 2. The van der Waals surface area contributed by atoms with Crippen molar-refractivity contribution in [3.63, 3.8) is 0 Å². The summed E-state index contributed by atoms with van der Waals surface area (Å²) in [5, 5.41) is 3.06. The van der Waals surface area contributed by atoms with Gasteiger partial charge in [0.05, 0.1) is 5.69 Å². The molecule has 0 saturated heterocycles. The first-order chi connectivity index (χ1) is 12.6. The summed E-state index contributed by atoms with van der Waals surface area (Å²) in [5.74, 6) is 1.76. The van der Waals surface area contributed by atoms with Crippen molar-refractivity contribution in [1.82, 2.24) is 9.55 Å². The number of anilines is 1. The van der Waals surface area contributed by atoms with Crippen molar-refractivity contribution in [2.45, 2.75) is 13.5 Å². The van der Waals surface area contributed by atoms with Gasteiger partial charge in [-0.3, -0.25) is 9.78 Å². The largest absolute Gasteiger partial charge is 0.454 e. The summed E-state index contributed by atoms with van der Waals surface area (Å²) in [4.78, 5) is 27.4. The average molecular weight is 351 g/mol. The SMILES string of the molecule is Cc1ccc(-n2c(=O)cc(NCc3ccc4c(c3)OCO4)[nH]c2=O)cc1. The molecule has 4 rings (SSSR count). The molecule has 0 bridgehead atoms. The number of nitrogens with one attached hydrogen (secondary N) is 2. The highest BCUT2D eigenvalue weighted by molar-refractivity contribution is 5.46. The zero-order valence-electron chi connectivity index (χ0n) is 14.1. The van der Waals surface area contributed by atoms with E-state index < -0.39 is 11.2 Å². The van der Waals surface area contributed by atoms with Crippen LogP contribution in [0.3, 0.4) is 0 Å². The molecule has 0 amide bonds. The topological polar surface area (TPSA) is 85.3 Å². The van der Waals surface area contributed by atoms with Crippen molar-refractivity contribution < 1.29 is 9.47 Å². The lowest BCUT2D eigenvalue weighted by molar-refractivity contribution is 0.174. The number of aromatic amines is 1. The first-order valence-corrected chi connectivity index (χ1v) is 8.16. The second kappa shape index (κ2) is 6.44. The predicted molar refractivity (Wildman–Crippen MR) is 97.3 cm³/mol. The maximum Gasteiger partial charge on any atom is 0.334 e. The molecule has 26 heavy (non-hydrogen) atoms. The zero-order valence-corrected chi connectivity index (χ0v) is 14.1. The molecule has 0 fully saturated rings. The molecule has 2 aromatic carbocycles. The standard InChI is InChI=1S/C19H17N3O4/c1-12-2-5-14(6-3-12)22-18(23)9-17(21-19(22)24)20-10-13-4-7-15-16(8-13)26-11-25-15/h2-9,20H,10-11H2,1H3,(H,21,24). The van der Waals surface area contributed by atoms with E-state index in [0.717, 1.165) is 15.7 Å². The predicted octanol–water partition coefficient (Wildman–Crippen LogP) is 2.18. The summed E-state index contributed by atoms with van der Waals surface area (Å²) in [6, 6.07) is 14.1. The smallest absolute Gasteiger partial charge is 0.334 e. The van der Waals surface area contributed by atoms with Gasteiger partial charge in [-0.15, -0.1) is 0 Å². The third-order valence-electron chi connectivity index (χ3n) is 4.15. The number of rotatable bonds is 4. The van der Waals surface area contributed by atoms with E-state index >= 15 is 0 Å². The van der Waals surface area contributed by atoms with Gasteiger partial charge in [-0.05, 0) is 36.8 Å². The Bertz CT molecular complexity index is 1040. The summed E-state index contributed by atoms with van der Waals surface area (Å²) >= 11 is 0. The first kappa shape index (κ1) is 16.0. The van der Waals surface area contributed by atoms with Crippen molar-refractivity contribution in [3.05, 3.63) is 80.5 Å². The van der Waals surface area contributed by atoms with Crippen LogP contribution >= 0.6 is 0 Å². The van der Waals surface area contributed by atoms with E-state index in [1.165, 1.54) is 6.07 Å². The van der Waals surface area contributed by atoms with Gasteiger partial charge in [0.2, 0.25) is 6.79 Å². The van der Waals surface area contributed by atoms with Crippen LogP contribution in [0, 0.1) is 6.92 Å². The van der Waals surface area contributed by atoms with Gasteiger partial charge in [-0.25, -0.2) is 9.36 Å². The Hall–Kier alpha value is -3.48. The molecule has 2 N–H and O–H groups in total. The fourth-order valence-corrected chi connectivity index (χ4v) is 2.78. The monoisotopic (exact) mass is 351 g/mol. The number of nitrogens with zero attached hydrogens (tertiary/aromatic N) is 1. The molecule has 7 nitrogen and oxygen atoms in total. The van der Waals surface area contributed by atoms with E-state index in [-0.39, 0.29) is 6.79 Å². The zero-order chi connectivity index (χ0) is 18.1. The number of benzene rings is 2. The van der Waals surface area contributed by atoms with Crippen LogP contribution < -0.4 is 26.0 Å². The molecule has 1 aliphatic rings. The Morgan fingerprint density at radius 3 is 2.58 bits per heavy atom. The molecule has 7 heteroatoms. The van der Waals surface area contributed by atoms with Crippen LogP contribution in [-0.2, 0) is 6.54 Å². The molecule has 132 valence electrons. The lowest BCUT2D eigenvalue weighted by Gasteiger charge is -2.09. The summed E-state index contributed by atoms with van der Waals surface area (Å²) in [5.41, 5.74) is 1.64. The van der Waals surface area contributed by atoms with E-state index in [1.807, 2.05) is 37.3 Å². The minimum Gasteiger partial charge on any atom is -0.454 e. The molecule has 3 aromatic rings. The van der Waals surface area contributed by atoms with Crippen molar-refractivity contribution >= 4 is 5.82 Å². The number of H-pyrrole nitrogens is 1. The Labute approximate surface area is 148 Å². The van der Waals surface area contributed by atoms with Gasteiger partial charge in [-0.2, -0.15) is 0 Å². The lowest BCUT2D eigenvalue weighted by atomic mass is 10.2. The van der Waals surface area contributed by atoms with Crippen LogP contribution in [0.4, 0.5) is 5.82 Å². The van der Waals surface area contributed by atoms with Crippen LogP contribution in [0.2, 0.25) is 0 Å². The highest BCUT2D eigenvalue weighted by Crippen LogP contribution is 2.32. The van der Waals surface area contributed by atoms with Crippen LogP contribution in [0.5, 0.6) is 11.5 Å². The molecule has 2 heterocycles. The first-order valence-electron chi connectivity index (χ1n) is 8.16. The summed E-state index contributed by atoms with van der Waals surface area (Å²) < 4.78 is 11.7. The van der Waals surface area contributed by atoms with Crippen LogP contribution in [0.15, 0.2) is 58.1 Å². The van der Waals surface area contributed by atoms with E-state index in [1.54, 1.807) is 12.1 Å². The Kier molecular flexibility index (Phi) is 3.96. The van der Waals surface area contributed by atoms with Crippen molar-refractivity contribution in [2.24, 2.45) is 0 Å². The Morgan fingerprint density at radius 2 is 1.81 bits per heavy atom.